The molecule has 3 unspecified atom stereocenters. The Morgan fingerprint density at radius 3 is 2.69 bits per heavy atom. The van der Waals surface area contributed by atoms with E-state index in [0.29, 0.717) is 0 Å². The van der Waals surface area contributed by atoms with Crippen molar-refractivity contribution in [1.82, 2.24) is 0 Å². The van der Waals surface area contributed by atoms with Crippen molar-refractivity contribution in [2.24, 2.45) is 17.8 Å². The molecular weight excluding hydrogens is 196 g/mol. The third-order valence-corrected chi connectivity index (χ3v) is 6.10. The Hall–Kier alpha value is 0.440. The first kappa shape index (κ1) is 11.5. The second kappa shape index (κ2) is 5.35. The van der Waals surface area contributed by atoms with Gasteiger partial charge < -0.3 is 0 Å². The maximum Gasteiger partial charge on any atom is 0.0208 e. The molecule has 0 aromatic carbocycles. The summed E-state index contributed by atoms with van der Waals surface area (Å²) in [6.45, 7) is 10.9. The molecule has 1 heterocycles. The van der Waals surface area contributed by atoms with E-state index in [1.54, 1.807) is 0 Å². The van der Waals surface area contributed by atoms with Gasteiger partial charge in [-0.25, -0.2) is 0 Å². The van der Waals surface area contributed by atoms with Gasteiger partial charge in [-0.1, -0.05) is 54.9 Å². The fourth-order valence-electron chi connectivity index (χ4n) is 2.02. The van der Waals surface area contributed by atoms with Crippen molar-refractivity contribution in [3.63, 3.8) is 0 Å². The summed E-state index contributed by atoms with van der Waals surface area (Å²) in [6, 6.07) is 0. The Bertz CT molecular complexity index is 165. The maximum atomic E-state index is 3.95. The highest BCUT2D eigenvalue weighted by atomic mass is 33.1. The van der Waals surface area contributed by atoms with Crippen molar-refractivity contribution in [2.45, 2.75) is 32.4 Å². The van der Waals surface area contributed by atoms with Crippen LogP contribution >= 0.6 is 21.6 Å². The number of hydrogen-bond donors (Lipinski definition) is 0. The van der Waals surface area contributed by atoms with Gasteiger partial charge >= 0.3 is 0 Å². The van der Waals surface area contributed by atoms with E-state index >= 15 is 0 Å². The molecule has 0 saturated carbocycles. The average Bonchev–Trinajstić information content (AvgIpc) is 2.16. The van der Waals surface area contributed by atoms with Crippen LogP contribution in [0.2, 0.25) is 0 Å². The average molecular weight is 216 g/mol. The van der Waals surface area contributed by atoms with Crippen LogP contribution in [0.5, 0.6) is 0 Å². The van der Waals surface area contributed by atoms with E-state index in [4.69, 9.17) is 0 Å². The van der Waals surface area contributed by atoms with Crippen LogP contribution in [0.1, 0.15) is 27.2 Å². The van der Waals surface area contributed by atoms with E-state index in [9.17, 15) is 0 Å². The Morgan fingerprint density at radius 1 is 1.54 bits per heavy atom. The van der Waals surface area contributed by atoms with E-state index in [-0.39, 0.29) is 0 Å². The third kappa shape index (κ3) is 2.69. The Balaban J connectivity index is 2.66. The van der Waals surface area contributed by atoms with Crippen molar-refractivity contribution in [3.05, 3.63) is 12.7 Å². The summed E-state index contributed by atoms with van der Waals surface area (Å²) >= 11 is 0. The maximum absolute atomic E-state index is 3.95. The predicted octanol–water partition coefficient (Wildman–Crippen LogP) is 4.23. The van der Waals surface area contributed by atoms with Crippen LogP contribution in [0, 0.1) is 17.8 Å². The zero-order valence-corrected chi connectivity index (χ0v) is 10.5. The standard InChI is InChI=1S/C11H20S2/c1-5-9-7-12-13-11(8(3)4)10(9)6-2/h5,8-11H,1,6-7H2,2-4H3. The number of rotatable bonds is 3. The van der Waals surface area contributed by atoms with Gasteiger partial charge in [-0.15, -0.1) is 6.58 Å². The Morgan fingerprint density at radius 2 is 2.23 bits per heavy atom. The fourth-order valence-corrected chi connectivity index (χ4v) is 5.83. The zero-order chi connectivity index (χ0) is 9.84. The van der Waals surface area contributed by atoms with Crippen molar-refractivity contribution in [2.75, 3.05) is 5.75 Å². The molecule has 1 rings (SSSR count). The highest BCUT2D eigenvalue weighted by Gasteiger charge is 2.33. The van der Waals surface area contributed by atoms with Gasteiger partial charge in [0.05, 0.1) is 0 Å². The Kier molecular flexibility index (Phi) is 4.74. The van der Waals surface area contributed by atoms with E-state index in [1.165, 1.54) is 12.2 Å². The minimum atomic E-state index is 0.739. The minimum Gasteiger partial charge on any atom is -0.103 e. The van der Waals surface area contributed by atoms with Crippen molar-refractivity contribution in [1.29, 1.82) is 0 Å². The summed E-state index contributed by atoms with van der Waals surface area (Å²) in [7, 11) is 4.12. The van der Waals surface area contributed by atoms with Gasteiger partial charge in [0, 0.05) is 11.0 Å². The molecule has 1 aliphatic heterocycles. The normalized spacial score (nSPS) is 34.9. The molecule has 3 atom stereocenters. The molecule has 0 radical (unpaired) electrons. The molecule has 1 fully saturated rings. The van der Waals surface area contributed by atoms with Gasteiger partial charge in [-0.05, 0) is 17.8 Å². The van der Waals surface area contributed by atoms with Crippen molar-refractivity contribution < 1.29 is 0 Å². The molecule has 1 aliphatic rings. The minimum absolute atomic E-state index is 0.739. The Labute approximate surface area is 90.3 Å². The number of hydrogen-bond acceptors (Lipinski definition) is 2. The lowest BCUT2D eigenvalue weighted by molar-refractivity contribution is 0.348. The second-order valence-corrected chi connectivity index (χ2v) is 6.65. The summed E-state index contributed by atoms with van der Waals surface area (Å²) in [5, 5.41) is 0.826. The SMILES string of the molecule is C=CC1CSSC(C(C)C)C1CC. The van der Waals surface area contributed by atoms with Gasteiger partial charge in [0.1, 0.15) is 0 Å². The molecule has 1 saturated heterocycles. The van der Waals surface area contributed by atoms with E-state index in [0.717, 1.165) is 23.0 Å². The smallest absolute Gasteiger partial charge is 0.0208 e. The number of allylic oxidation sites excluding steroid dienone is 1. The molecule has 0 amide bonds. The molecular formula is C11H20S2. The van der Waals surface area contributed by atoms with Crippen molar-refractivity contribution in [3.8, 4) is 0 Å². The molecule has 2 heteroatoms. The predicted molar refractivity (Wildman–Crippen MR) is 66.1 cm³/mol. The van der Waals surface area contributed by atoms with Crippen LogP contribution in [0.4, 0.5) is 0 Å². The third-order valence-electron chi connectivity index (χ3n) is 2.84. The highest BCUT2D eigenvalue weighted by molar-refractivity contribution is 8.77. The van der Waals surface area contributed by atoms with Gasteiger partial charge in [0.25, 0.3) is 0 Å². The first-order valence-electron chi connectivity index (χ1n) is 5.11. The zero-order valence-electron chi connectivity index (χ0n) is 8.82. The monoisotopic (exact) mass is 216 g/mol. The van der Waals surface area contributed by atoms with Crippen LogP contribution in [0.15, 0.2) is 12.7 Å². The molecule has 0 N–H and O–H groups in total. The topological polar surface area (TPSA) is 0 Å². The molecule has 0 aliphatic carbocycles. The van der Waals surface area contributed by atoms with Gasteiger partial charge in [0.2, 0.25) is 0 Å². The van der Waals surface area contributed by atoms with Gasteiger partial charge in [-0.2, -0.15) is 0 Å². The summed E-state index contributed by atoms with van der Waals surface area (Å²) in [6.07, 6.45) is 3.46. The van der Waals surface area contributed by atoms with Crippen LogP contribution < -0.4 is 0 Å². The van der Waals surface area contributed by atoms with E-state index in [1.807, 2.05) is 10.8 Å². The molecule has 0 bridgehead atoms. The van der Waals surface area contributed by atoms with E-state index < -0.39 is 0 Å². The first-order chi connectivity index (χ1) is 6.20. The second-order valence-electron chi connectivity index (χ2n) is 4.06. The lowest BCUT2D eigenvalue weighted by atomic mass is 9.84. The van der Waals surface area contributed by atoms with Gasteiger partial charge in [0.15, 0.2) is 0 Å². The van der Waals surface area contributed by atoms with Crippen LogP contribution in [0.3, 0.4) is 0 Å². The molecule has 0 nitrogen and oxygen atoms in total. The molecule has 13 heavy (non-hydrogen) atoms. The molecule has 0 aromatic rings. The lowest BCUT2D eigenvalue weighted by Gasteiger charge is -2.37. The lowest BCUT2D eigenvalue weighted by Crippen LogP contribution is -2.32. The quantitative estimate of drug-likeness (QED) is 0.511. The summed E-state index contributed by atoms with van der Waals surface area (Å²) < 4.78 is 0. The summed E-state index contributed by atoms with van der Waals surface area (Å²) in [5.41, 5.74) is 0. The van der Waals surface area contributed by atoms with Crippen LogP contribution in [0.25, 0.3) is 0 Å². The molecule has 76 valence electrons. The highest BCUT2D eigenvalue weighted by Crippen LogP contribution is 2.46. The summed E-state index contributed by atoms with van der Waals surface area (Å²) in [4.78, 5) is 0. The first-order valence-corrected chi connectivity index (χ1v) is 7.49. The van der Waals surface area contributed by atoms with Crippen LogP contribution in [-0.4, -0.2) is 11.0 Å². The van der Waals surface area contributed by atoms with Crippen LogP contribution in [-0.2, 0) is 0 Å². The summed E-state index contributed by atoms with van der Waals surface area (Å²) in [5.74, 6) is 3.65. The fraction of sp³-hybridized carbons (Fsp3) is 0.818. The molecule has 0 aromatic heterocycles. The molecule has 0 spiro atoms. The van der Waals surface area contributed by atoms with E-state index in [2.05, 4.69) is 44.2 Å². The largest absolute Gasteiger partial charge is 0.103 e. The van der Waals surface area contributed by atoms with Gasteiger partial charge in [-0.3, -0.25) is 0 Å². The van der Waals surface area contributed by atoms with Crippen molar-refractivity contribution >= 4 is 21.6 Å².